The van der Waals surface area contributed by atoms with E-state index in [1.807, 2.05) is 24.3 Å². The van der Waals surface area contributed by atoms with E-state index in [0.717, 1.165) is 64.2 Å². The number of unbranched alkanes of at least 4 members (excludes halogenated alkanes) is 18. The van der Waals surface area contributed by atoms with Gasteiger partial charge in [-0.05, 0) is 38.5 Å². The van der Waals surface area contributed by atoms with E-state index in [-0.39, 0.29) is 25.2 Å². The molecule has 0 amide bonds. The van der Waals surface area contributed by atoms with E-state index in [9.17, 15) is 19.8 Å². The smallest absolute Gasteiger partial charge is 0.306 e. The number of carbonyl (C=O) groups excluding carboxylic acids is 2. The van der Waals surface area contributed by atoms with Crippen LogP contribution in [0.5, 0.6) is 0 Å². The van der Waals surface area contributed by atoms with E-state index < -0.39 is 12.2 Å². The van der Waals surface area contributed by atoms with Crippen LogP contribution in [0.2, 0.25) is 0 Å². The van der Waals surface area contributed by atoms with E-state index in [2.05, 4.69) is 26.0 Å². The molecule has 0 aliphatic rings. The van der Waals surface area contributed by atoms with Gasteiger partial charge in [-0.3, -0.25) is 9.59 Å². The number of hydrogen-bond donors (Lipinski definition) is 2. The van der Waals surface area contributed by atoms with Crippen molar-refractivity contribution in [3.05, 3.63) is 36.5 Å². The standard InChI is InChI=1S/C38H68O6/c1-3-5-7-8-9-10-11-12-13-14-17-21-24-28-32-38(42)44-36(33-39)34-43-37(41)31-27-23-20-18-15-16-19-22-26-30-35(40)29-25-6-4-2/h6,19,22,25-26,30,35-36,39-40H,3-5,7-18,20-21,23-24,27-29,31-34H2,1-2H3/b22-19+,25-6+,30-26+/t35?,36-/m0/s1. The first-order valence-corrected chi connectivity index (χ1v) is 18.2. The summed E-state index contributed by atoms with van der Waals surface area (Å²) in [5.41, 5.74) is 0. The predicted octanol–water partition coefficient (Wildman–Crippen LogP) is 9.87. The molecule has 44 heavy (non-hydrogen) atoms. The molecule has 256 valence electrons. The molecule has 0 saturated carbocycles. The molecular weight excluding hydrogens is 552 g/mol. The molecule has 0 aliphatic carbocycles. The molecule has 0 fully saturated rings. The number of allylic oxidation sites excluding steroid dienone is 4. The lowest BCUT2D eigenvalue weighted by molar-refractivity contribution is -0.161. The van der Waals surface area contributed by atoms with Gasteiger partial charge in [-0.1, -0.05) is 153 Å². The van der Waals surface area contributed by atoms with E-state index in [4.69, 9.17) is 9.47 Å². The molecule has 0 aromatic heterocycles. The molecule has 0 bridgehead atoms. The van der Waals surface area contributed by atoms with Crippen LogP contribution in [0.15, 0.2) is 36.5 Å². The van der Waals surface area contributed by atoms with Crippen LogP contribution in [-0.2, 0) is 19.1 Å². The number of carbonyl (C=O) groups is 2. The molecule has 0 radical (unpaired) electrons. The van der Waals surface area contributed by atoms with Crippen molar-refractivity contribution in [1.82, 2.24) is 0 Å². The molecule has 1 unspecified atom stereocenters. The zero-order valence-electron chi connectivity index (χ0n) is 28.5. The van der Waals surface area contributed by atoms with Crippen LogP contribution in [-0.4, -0.2) is 47.6 Å². The Morgan fingerprint density at radius 2 is 1.16 bits per heavy atom. The van der Waals surface area contributed by atoms with Crippen LogP contribution in [0.1, 0.15) is 168 Å². The summed E-state index contributed by atoms with van der Waals surface area (Å²) in [6.45, 7) is 3.90. The average Bonchev–Trinajstić information content (AvgIpc) is 3.02. The SMILES string of the molecule is CC/C=C/CC(O)/C=C/C=C/CCCCCCCC(=O)OC[C@H](CO)OC(=O)CCCCCCCCCCCCCCCC. The highest BCUT2D eigenvalue weighted by molar-refractivity contribution is 5.70. The van der Waals surface area contributed by atoms with Crippen molar-refractivity contribution in [3.63, 3.8) is 0 Å². The molecule has 0 saturated heterocycles. The van der Waals surface area contributed by atoms with E-state index in [0.29, 0.717) is 19.3 Å². The minimum Gasteiger partial charge on any atom is -0.462 e. The highest BCUT2D eigenvalue weighted by Gasteiger charge is 2.16. The van der Waals surface area contributed by atoms with Crippen molar-refractivity contribution in [2.24, 2.45) is 0 Å². The molecule has 6 heteroatoms. The first kappa shape index (κ1) is 42.1. The summed E-state index contributed by atoms with van der Waals surface area (Å²) in [5.74, 6) is -0.643. The number of esters is 2. The normalized spacial score (nSPS) is 13.3. The topological polar surface area (TPSA) is 93.1 Å². The number of ether oxygens (including phenoxy) is 2. The van der Waals surface area contributed by atoms with Crippen LogP contribution in [0.3, 0.4) is 0 Å². The zero-order chi connectivity index (χ0) is 32.4. The molecule has 0 heterocycles. The van der Waals surface area contributed by atoms with Gasteiger partial charge in [0.2, 0.25) is 0 Å². The molecule has 0 spiro atoms. The van der Waals surface area contributed by atoms with Gasteiger partial charge in [-0.2, -0.15) is 0 Å². The second-order valence-electron chi connectivity index (χ2n) is 12.1. The number of aliphatic hydroxyl groups excluding tert-OH is 2. The molecule has 2 N–H and O–H groups in total. The van der Waals surface area contributed by atoms with Crippen LogP contribution in [0, 0.1) is 0 Å². The van der Waals surface area contributed by atoms with Gasteiger partial charge in [0.1, 0.15) is 6.61 Å². The van der Waals surface area contributed by atoms with Crippen LogP contribution in [0.25, 0.3) is 0 Å². The summed E-state index contributed by atoms with van der Waals surface area (Å²) < 4.78 is 10.5. The summed E-state index contributed by atoms with van der Waals surface area (Å²) in [7, 11) is 0. The lowest BCUT2D eigenvalue weighted by Gasteiger charge is -2.15. The molecule has 0 aromatic rings. The Balaban J connectivity index is 3.64. The van der Waals surface area contributed by atoms with Gasteiger partial charge in [0.05, 0.1) is 12.7 Å². The van der Waals surface area contributed by atoms with E-state index >= 15 is 0 Å². The number of hydrogen-bond acceptors (Lipinski definition) is 6. The van der Waals surface area contributed by atoms with Gasteiger partial charge < -0.3 is 19.7 Å². The van der Waals surface area contributed by atoms with Crippen molar-refractivity contribution in [2.45, 2.75) is 180 Å². The van der Waals surface area contributed by atoms with E-state index in [1.54, 1.807) is 0 Å². The molecular formula is C38H68O6. The van der Waals surface area contributed by atoms with Gasteiger partial charge in [0.15, 0.2) is 6.10 Å². The minimum atomic E-state index is -0.790. The highest BCUT2D eigenvalue weighted by Crippen LogP contribution is 2.14. The summed E-state index contributed by atoms with van der Waals surface area (Å²) in [6, 6.07) is 0. The Morgan fingerprint density at radius 3 is 1.70 bits per heavy atom. The van der Waals surface area contributed by atoms with Crippen LogP contribution < -0.4 is 0 Å². The monoisotopic (exact) mass is 621 g/mol. The first-order chi connectivity index (χ1) is 21.5. The van der Waals surface area contributed by atoms with Crippen molar-refractivity contribution >= 4 is 11.9 Å². The molecule has 6 nitrogen and oxygen atoms in total. The fraction of sp³-hybridized carbons (Fsp3) is 0.789. The van der Waals surface area contributed by atoms with E-state index in [1.165, 1.54) is 70.6 Å². The Kier molecular flexibility index (Phi) is 32.5. The second-order valence-corrected chi connectivity index (χ2v) is 12.1. The molecule has 0 aliphatic heterocycles. The van der Waals surface area contributed by atoms with Gasteiger partial charge in [-0.15, -0.1) is 0 Å². The lowest BCUT2D eigenvalue weighted by atomic mass is 10.0. The van der Waals surface area contributed by atoms with Crippen molar-refractivity contribution < 1.29 is 29.3 Å². The maximum Gasteiger partial charge on any atom is 0.306 e. The fourth-order valence-electron chi connectivity index (χ4n) is 5.00. The maximum absolute atomic E-state index is 12.1. The lowest BCUT2D eigenvalue weighted by Crippen LogP contribution is -2.28. The molecule has 0 rings (SSSR count). The zero-order valence-corrected chi connectivity index (χ0v) is 28.5. The van der Waals surface area contributed by atoms with Crippen molar-refractivity contribution in [1.29, 1.82) is 0 Å². The summed E-state index contributed by atoms with van der Waals surface area (Å²) >= 11 is 0. The molecule has 0 aromatic carbocycles. The third kappa shape index (κ3) is 31.5. The number of rotatable bonds is 32. The second kappa shape index (κ2) is 34.0. The van der Waals surface area contributed by atoms with Gasteiger partial charge in [-0.25, -0.2) is 0 Å². The van der Waals surface area contributed by atoms with Gasteiger partial charge >= 0.3 is 11.9 Å². The predicted molar refractivity (Wildman–Crippen MR) is 184 cm³/mol. The maximum atomic E-state index is 12.1. The van der Waals surface area contributed by atoms with Crippen LogP contribution >= 0.6 is 0 Å². The van der Waals surface area contributed by atoms with Crippen LogP contribution in [0.4, 0.5) is 0 Å². The average molecular weight is 621 g/mol. The molecule has 2 atom stereocenters. The van der Waals surface area contributed by atoms with Gasteiger partial charge in [0, 0.05) is 12.8 Å². The minimum absolute atomic E-state index is 0.0902. The largest absolute Gasteiger partial charge is 0.462 e. The Labute approximate surface area is 270 Å². The Bertz CT molecular complexity index is 729. The quantitative estimate of drug-likeness (QED) is 0.0336. The first-order valence-electron chi connectivity index (χ1n) is 18.2. The van der Waals surface area contributed by atoms with Crippen molar-refractivity contribution in [2.75, 3.05) is 13.2 Å². The summed E-state index contributed by atoms with van der Waals surface area (Å²) in [6.07, 6.45) is 36.7. The highest BCUT2D eigenvalue weighted by atomic mass is 16.6. The Morgan fingerprint density at radius 1 is 0.636 bits per heavy atom. The van der Waals surface area contributed by atoms with Crippen molar-refractivity contribution in [3.8, 4) is 0 Å². The third-order valence-electron chi connectivity index (χ3n) is 7.78. The third-order valence-corrected chi connectivity index (χ3v) is 7.78. The van der Waals surface area contributed by atoms with Gasteiger partial charge in [0.25, 0.3) is 0 Å². The number of aliphatic hydroxyl groups is 2. The Hall–Kier alpha value is -1.92. The fourth-order valence-corrected chi connectivity index (χ4v) is 5.00. The summed E-state index contributed by atoms with van der Waals surface area (Å²) in [5, 5.41) is 19.3. The summed E-state index contributed by atoms with van der Waals surface area (Å²) in [4.78, 5) is 24.2.